The van der Waals surface area contributed by atoms with E-state index in [9.17, 15) is 18.8 Å². The van der Waals surface area contributed by atoms with Gasteiger partial charge in [-0.1, -0.05) is 38.1 Å². The highest BCUT2D eigenvalue weighted by Gasteiger charge is 2.13. The maximum absolute atomic E-state index is 13.0. The van der Waals surface area contributed by atoms with Gasteiger partial charge >= 0.3 is 0 Å². The molecule has 6 nitrogen and oxygen atoms in total. The molecule has 0 aliphatic heterocycles. The van der Waals surface area contributed by atoms with Gasteiger partial charge in [-0.05, 0) is 54.3 Å². The van der Waals surface area contributed by atoms with Crippen LogP contribution in [-0.4, -0.2) is 16.4 Å². The molecule has 0 fully saturated rings. The van der Waals surface area contributed by atoms with Crippen LogP contribution < -0.4 is 16.2 Å². The number of amides is 2. The van der Waals surface area contributed by atoms with Crippen molar-refractivity contribution in [1.82, 2.24) is 9.88 Å². The summed E-state index contributed by atoms with van der Waals surface area (Å²) in [4.78, 5) is 37.2. The number of benzene rings is 2. The lowest BCUT2D eigenvalue weighted by Crippen LogP contribution is -2.34. The second-order valence-electron chi connectivity index (χ2n) is 7.96. The van der Waals surface area contributed by atoms with Gasteiger partial charge in [-0.2, -0.15) is 0 Å². The molecule has 1 heterocycles. The van der Waals surface area contributed by atoms with Crippen molar-refractivity contribution >= 4 is 17.5 Å². The van der Waals surface area contributed by atoms with Gasteiger partial charge in [0, 0.05) is 18.0 Å². The van der Waals surface area contributed by atoms with E-state index in [2.05, 4.69) is 24.5 Å². The van der Waals surface area contributed by atoms with Gasteiger partial charge in [-0.15, -0.1) is 0 Å². The minimum Gasteiger partial charge on any atom is -0.348 e. The summed E-state index contributed by atoms with van der Waals surface area (Å²) in [6, 6.07) is 15.8. The maximum Gasteiger partial charge on any atom is 0.257 e. The number of carbonyl (C=O) groups excluding carboxylic acids is 2. The SMILES string of the molecule is CC(C)c1ccc([C@H](C)NC(=O)Cn2cc(C(=O)Nc3ccc(F)cc3)ccc2=O)cc1. The highest BCUT2D eigenvalue weighted by Crippen LogP contribution is 2.18. The molecule has 0 unspecified atom stereocenters. The van der Waals surface area contributed by atoms with Crippen LogP contribution in [0, 0.1) is 5.82 Å². The fourth-order valence-corrected chi connectivity index (χ4v) is 3.22. The number of pyridine rings is 1. The van der Waals surface area contributed by atoms with Crippen LogP contribution in [0.3, 0.4) is 0 Å². The summed E-state index contributed by atoms with van der Waals surface area (Å²) in [7, 11) is 0. The Kier molecular flexibility index (Phi) is 7.20. The smallest absolute Gasteiger partial charge is 0.257 e. The van der Waals surface area contributed by atoms with Crippen LogP contribution in [0.5, 0.6) is 0 Å². The Morgan fingerprint density at radius 1 is 0.906 bits per heavy atom. The van der Waals surface area contributed by atoms with Gasteiger partial charge in [0.25, 0.3) is 11.5 Å². The van der Waals surface area contributed by atoms with Gasteiger partial charge in [0.1, 0.15) is 12.4 Å². The summed E-state index contributed by atoms with van der Waals surface area (Å²) in [5, 5.41) is 5.51. The first-order valence-electron chi connectivity index (χ1n) is 10.4. The fraction of sp³-hybridized carbons (Fsp3) is 0.240. The van der Waals surface area contributed by atoms with E-state index in [4.69, 9.17) is 0 Å². The first kappa shape index (κ1) is 22.9. The zero-order valence-corrected chi connectivity index (χ0v) is 18.3. The van der Waals surface area contributed by atoms with E-state index in [1.54, 1.807) is 0 Å². The Balaban J connectivity index is 1.65. The van der Waals surface area contributed by atoms with Crippen LogP contribution in [0.15, 0.2) is 71.7 Å². The van der Waals surface area contributed by atoms with Crippen molar-refractivity contribution in [3.63, 3.8) is 0 Å². The number of carbonyl (C=O) groups is 2. The van der Waals surface area contributed by atoms with Gasteiger partial charge in [-0.25, -0.2) is 4.39 Å². The molecule has 32 heavy (non-hydrogen) atoms. The molecule has 0 spiro atoms. The number of rotatable bonds is 7. The number of aromatic nitrogens is 1. The molecule has 166 valence electrons. The number of nitrogens with one attached hydrogen (secondary N) is 2. The number of nitrogens with zero attached hydrogens (tertiary/aromatic N) is 1. The molecule has 1 atom stereocenters. The average Bonchev–Trinajstić information content (AvgIpc) is 2.76. The summed E-state index contributed by atoms with van der Waals surface area (Å²) >= 11 is 0. The van der Waals surface area contributed by atoms with E-state index < -0.39 is 17.3 Å². The topological polar surface area (TPSA) is 80.2 Å². The summed E-state index contributed by atoms with van der Waals surface area (Å²) in [6.45, 7) is 5.89. The lowest BCUT2D eigenvalue weighted by molar-refractivity contribution is -0.122. The van der Waals surface area contributed by atoms with Crippen LogP contribution >= 0.6 is 0 Å². The normalized spacial score (nSPS) is 11.8. The van der Waals surface area contributed by atoms with E-state index in [1.807, 2.05) is 31.2 Å². The highest BCUT2D eigenvalue weighted by atomic mass is 19.1. The molecular weight excluding hydrogens is 409 g/mol. The zero-order chi connectivity index (χ0) is 23.3. The average molecular weight is 435 g/mol. The molecule has 3 rings (SSSR count). The van der Waals surface area contributed by atoms with Crippen LogP contribution in [-0.2, 0) is 11.3 Å². The standard InChI is InChI=1S/C25H26FN3O3/c1-16(2)18-4-6-19(7-5-18)17(3)27-23(30)15-29-14-20(8-13-24(29)31)25(32)28-22-11-9-21(26)10-12-22/h4-14,16-17H,15H2,1-3H3,(H,27,30)(H,28,32)/t17-/m0/s1. The number of halogens is 1. The number of anilines is 1. The second kappa shape index (κ2) is 10.0. The van der Waals surface area contributed by atoms with E-state index in [0.717, 1.165) is 5.56 Å². The van der Waals surface area contributed by atoms with Crippen LogP contribution in [0.4, 0.5) is 10.1 Å². The van der Waals surface area contributed by atoms with Crippen molar-refractivity contribution in [3.8, 4) is 0 Å². The van der Waals surface area contributed by atoms with Crippen molar-refractivity contribution in [3.05, 3.63) is 99.7 Å². The first-order chi connectivity index (χ1) is 15.2. The fourth-order valence-electron chi connectivity index (χ4n) is 3.22. The van der Waals surface area contributed by atoms with Gasteiger partial charge in [0.2, 0.25) is 5.91 Å². The Labute approximate surface area is 186 Å². The molecule has 0 saturated heterocycles. The Bertz CT molecular complexity index is 1150. The molecule has 0 aliphatic rings. The first-order valence-corrected chi connectivity index (χ1v) is 10.4. The van der Waals surface area contributed by atoms with E-state index >= 15 is 0 Å². The molecule has 7 heteroatoms. The molecule has 0 bridgehead atoms. The Morgan fingerprint density at radius 2 is 1.53 bits per heavy atom. The molecule has 3 aromatic rings. The van der Waals surface area contributed by atoms with Crippen LogP contribution in [0.25, 0.3) is 0 Å². The molecular formula is C25H26FN3O3. The zero-order valence-electron chi connectivity index (χ0n) is 18.3. The number of hydrogen-bond acceptors (Lipinski definition) is 3. The summed E-state index contributed by atoms with van der Waals surface area (Å²) in [5.74, 6) is -0.797. The third-order valence-corrected chi connectivity index (χ3v) is 5.14. The largest absolute Gasteiger partial charge is 0.348 e. The molecule has 2 N–H and O–H groups in total. The van der Waals surface area contributed by atoms with Crippen molar-refractivity contribution in [2.24, 2.45) is 0 Å². The highest BCUT2D eigenvalue weighted by molar-refractivity contribution is 6.04. The predicted octanol–water partition coefficient (Wildman–Crippen LogP) is 4.24. The molecule has 0 radical (unpaired) electrons. The maximum atomic E-state index is 13.0. The van der Waals surface area contributed by atoms with Crippen LogP contribution in [0.2, 0.25) is 0 Å². The summed E-state index contributed by atoms with van der Waals surface area (Å²) < 4.78 is 14.2. The Morgan fingerprint density at radius 3 is 2.16 bits per heavy atom. The minimum absolute atomic E-state index is 0.207. The van der Waals surface area contributed by atoms with E-state index in [-0.39, 0.29) is 24.1 Å². The van der Waals surface area contributed by atoms with Crippen molar-refractivity contribution in [2.45, 2.75) is 39.3 Å². The monoisotopic (exact) mass is 435 g/mol. The minimum atomic E-state index is -0.468. The van der Waals surface area contributed by atoms with Gasteiger partial charge < -0.3 is 15.2 Å². The lowest BCUT2D eigenvalue weighted by Gasteiger charge is -2.16. The third-order valence-electron chi connectivity index (χ3n) is 5.14. The van der Waals surface area contributed by atoms with E-state index in [0.29, 0.717) is 11.6 Å². The lowest BCUT2D eigenvalue weighted by atomic mass is 9.99. The molecule has 0 saturated carbocycles. The van der Waals surface area contributed by atoms with Crippen molar-refractivity contribution < 1.29 is 14.0 Å². The third kappa shape index (κ3) is 5.91. The summed E-state index contributed by atoms with van der Waals surface area (Å²) in [5.41, 5.74) is 2.41. The quantitative estimate of drug-likeness (QED) is 0.583. The predicted molar refractivity (Wildman–Crippen MR) is 122 cm³/mol. The molecule has 1 aromatic heterocycles. The summed E-state index contributed by atoms with van der Waals surface area (Å²) in [6.07, 6.45) is 1.34. The second-order valence-corrected chi connectivity index (χ2v) is 7.96. The van der Waals surface area contributed by atoms with Crippen molar-refractivity contribution in [1.29, 1.82) is 0 Å². The van der Waals surface area contributed by atoms with Crippen molar-refractivity contribution in [2.75, 3.05) is 5.32 Å². The molecule has 2 aromatic carbocycles. The van der Waals surface area contributed by atoms with Gasteiger partial charge in [0.15, 0.2) is 0 Å². The molecule has 0 aliphatic carbocycles. The van der Waals surface area contributed by atoms with Gasteiger partial charge in [-0.3, -0.25) is 14.4 Å². The van der Waals surface area contributed by atoms with Gasteiger partial charge in [0.05, 0.1) is 11.6 Å². The number of hydrogen-bond donors (Lipinski definition) is 2. The molecule has 2 amide bonds. The van der Waals surface area contributed by atoms with E-state index in [1.165, 1.54) is 52.7 Å². The van der Waals surface area contributed by atoms with Crippen LogP contribution in [0.1, 0.15) is 54.2 Å². The Hall–Kier alpha value is -3.74.